The van der Waals surface area contributed by atoms with Crippen LogP contribution in [0.3, 0.4) is 0 Å². The van der Waals surface area contributed by atoms with Gasteiger partial charge in [-0.3, -0.25) is 0 Å². The van der Waals surface area contributed by atoms with E-state index in [-0.39, 0.29) is 17.6 Å². The van der Waals surface area contributed by atoms with Gasteiger partial charge in [-0.2, -0.15) is 13.2 Å². The molecule has 1 fully saturated rings. The van der Waals surface area contributed by atoms with Gasteiger partial charge in [-0.05, 0) is 25.3 Å². The summed E-state index contributed by atoms with van der Waals surface area (Å²) >= 11 is 0. The van der Waals surface area contributed by atoms with Gasteiger partial charge in [0, 0.05) is 37.5 Å². The normalized spacial score (nSPS) is 25.2. The number of nitrogens with zero attached hydrogens (tertiary/aromatic N) is 3. The number of nitrogens with two attached hydrogens (primary N) is 2. The summed E-state index contributed by atoms with van der Waals surface area (Å²) in [5.41, 5.74) is 10.1. The van der Waals surface area contributed by atoms with E-state index in [0.29, 0.717) is 18.8 Å². The first-order valence-corrected chi connectivity index (χ1v) is 9.86. The van der Waals surface area contributed by atoms with E-state index < -0.39 is 23.7 Å². The Morgan fingerprint density at radius 2 is 2.10 bits per heavy atom. The Morgan fingerprint density at radius 3 is 2.76 bits per heavy atom. The van der Waals surface area contributed by atoms with Gasteiger partial charge in [0.25, 0.3) is 0 Å². The van der Waals surface area contributed by atoms with Crippen molar-refractivity contribution in [2.45, 2.75) is 56.8 Å². The van der Waals surface area contributed by atoms with Crippen molar-refractivity contribution in [1.29, 1.82) is 0 Å². The Morgan fingerprint density at radius 1 is 1.34 bits per heavy atom. The maximum atomic E-state index is 13.4. The van der Waals surface area contributed by atoms with Crippen LogP contribution in [-0.2, 0) is 16.7 Å². The number of methoxy groups -OCH3 is 1. The predicted molar refractivity (Wildman–Crippen MR) is 105 cm³/mol. The summed E-state index contributed by atoms with van der Waals surface area (Å²) in [5, 5.41) is 0. The molecule has 2 aliphatic rings. The Hall–Kier alpha value is -2.13. The molecule has 4 N–H and O–H groups in total. The molecule has 1 saturated heterocycles. The first-order valence-electron chi connectivity index (χ1n) is 9.86. The van der Waals surface area contributed by atoms with Crippen molar-refractivity contribution in [1.82, 2.24) is 9.97 Å². The van der Waals surface area contributed by atoms with E-state index in [1.807, 2.05) is 13.0 Å². The summed E-state index contributed by atoms with van der Waals surface area (Å²) in [6.45, 7) is 3.40. The average Bonchev–Trinajstić information content (AvgIpc) is 3.12. The number of allylic oxidation sites excluding steroid dienone is 1. The first-order chi connectivity index (χ1) is 13.7. The predicted octanol–water partition coefficient (Wildman–Crippen LogP) is 2.93. The second-order valence-corrected chi connectivity index (χ2v) is 7.72. The number of hydrogen-bond acceptors (Lipinski definition) is 6. The van der Waals surface area contributed by atoms with Gasteiger partial charge in [0.2, 0.25) is 0 Å². The number of alkyl halides is 3. The number of aryl methyl sites for hydroxylation is 1. The van der Waals surface area contributed by atoms with Crippen molar-refractivity contribution in [3.05, 3.63) is 41.0 Å². The number of anilines is 1. The third-order valence-electron chi connectivity index (χ3n) is 5.44. The fraction of sp³-hybridized carbons (Fsp3) is 0.600. The molecule has 0 saturated carbocycles. The Bertz CT molecular complexity index is 808. The third-order valence-corrected chi connectivity index (χ3v) is 5.44. The third kappa shape index (κ3) is 4.56. The molecule has 1 aliphatic carbocycles. The molecule has 29 heavy (non-hydrogen) atoms. The molecule has 1 aliphatic heterocycles. The minimum absolute atomic E-state index is 0.175. The highest BCUT2D eigenvalue weighted by atomic mass is 19.4. The van der Waals surface area contributed by atoms with Crippen molar-refractivity contribution in [3.63, 3.8) is 0 Å². The van der Waals surface area contributed by atoms with Gasteiger partial charge in [-0.15, -0.1) is 0 Å². The van der Waals surface area contributed by atoms with E-state index in [0.717, 1.165) is 31.5 Å². The molecule has 160 valence electrons. The Labute approximate surface area is 168 Å². The summed E-state index contributed by atoms with van der Waals surface area (Å²) in [6, 6.07) is 2.08. The van der Waals surface area contributed by atoms with E-state index in [4.69, 9.17) is 16.2 Å². The van der Waals surface area contributed by atoms with Crippen molar-refractivity contribution in [2.24, 2.45) is 11.5 Å². The smallest absolute Gasteiger partial charge is 0.399 e. The summed E-state index contributed by atoms with van der Waals surface area (Å²) in [7, 11) is 1.65. The molecule has 0 amide bonds. The molecular weight excluding hydrogens is 383 g/mol. The van der Waals surface area contributed by atoms with Gasteiger partial charge in [0.1, 0.15) is 5.82 Å². The quantitative estimate of drug-likeness (QED) is 0.748. The molecule has 1 aromatic rings. The molecule has 0 radical (unpaired) electrons. The van der Waals surface area contributed by atoms with Crippen LogP contribution >= 0.6 is 0 Å². The van der Waals surface area contributed by atoms with Crippen molar-refractivity contribution >= 4 is 5.82 Å². The van der Waals surface area contributed by atoms with Gasteiger partial charge in [0.15, 0.2) is 5.82 Å². The van der Waals surface area contributed by atoms with Crippen LogP contribution in [0.5, 0.6) is 0 Å². The summed E-state index contributed by atoms with van der Waals surface area (Å²) in [6.07, 6.45) is 1.16. The SMILES string of the molecule is CCCc1cc(N2CCCC2COC)nc(C2(N)C=CC(N)=C(C(F)(F)F)C2)n1. The fourth-order valence-corrected chi connectivity index (χ4v) is 3.94. The summed E-state index contributed by atoms with van der Waals surface area (Å²) in [5.74, 6) is 0.874. The van der Waals surface area contributed by atoms with Crippen molar-refractivity contribution in [3.8, 4) is 0 Å². The van der Waals surface area contributed by atoms with Gasteiger partial charge in [-0.25, -0.2) is 9.97 Å². The number of aromatic nitrogens is 2. The first kappa shape index (κ1) is 21.6. The van der Waals surface area contributed by atoms with E-state index in [1.165, 1.54) is 12.2 Å². The zero-order chi connectivity index (χ0) is 21.2. The molecule has 2 unspecified atom stereocenters. The lowest BCUT2D eigenvalue weighted by Gasteiger charge is -2.32. The number of halogens is 3. The highest BCUT2D eigenvalue weighted by molar-refractivity contribution is 5.45. The molecule has 1 aromatic heterocycles. The van der Waals surface area contributed by atoms with Crippen molar-refractivity contribution in [2.75, 3.05) is 25.2 Å². The largest absolute Gasteiger partial charge is 0.414 e. The summed E-state index contributed by atoms with van der Waals surface area (Å²) in [4.78, 5) is 11.3. The average molecular weight is 411 g/mol. The zero-order valence-electron chi connectivity index (χ0n) is 16.8. The lowest BCUT2D eigenvalue weighted by molar-refractivity contribution is -0.0964. The highest BCUT2D eigenvalue weighted by Gasteiger charge is 2.44. The van der Waals surface area contributed by atoms with E-state index in [9.17, 15) is 13.2 Å². The highest BCUT2D eigenvalue weighted by Crippen LogP contribution is 2.39. The Balaban J connectivity index is 2.01. The van der Waals surface area contributed by atoms with Gasteiger partial charge in [-0.1, -0.05) is 19.4 Å². The van der Waals surface area contributed by atoms with Crippen LogP contribution in [0.15, 0.2) is 29.5 Å². The maximum Gasteiger partial charge on any atom is 0.414 e. The molecule has 0 spiro atoms. The minimum atomic E-state index is -4.55. The van der Waals surface area contributed by atoms with Crippen LogP contribution in [0.1, 0.15) is 44.1 Å². The molecule has 6 nitrogen and oxygen atoms in total. The lowest BCUT2D eigenvalue weighted by Crippen LogP contribution is -2.42. The maximum absolute atomic E-state index is 13.4. The van der Waals surface area contributed by atoms with Crippen LogP contribution < -0.4 is 16.4 Å². The minimum Gasteiger partial charge on any atom is -0.399 e. The zero-order valence-corrected chi connectivity index (χ0v) is 16.8. The van der Waals surface area contributed by atoms with Crippen molar-refractivity contribution < 1.29 is 17.9 Å². The van der Waals surface area contributed by atoms with E-state index >= 15 is 0 Å². The topological polar surface area (TPSA) is 90.3 Å². The number of hydrogen-bond donors (Lipinski definition) is 2. The van der Waals surface area contributed by atoms with Gasteiger partial charge < -0.3 is 21.1 Å². The second kappa shape index (κ2) is 8.31. The molecule has 3 rings (SSSR count). The fourth-order valence-electron chi connectivity index (χ4n) is 3.94. The molecule has 2 atom stereocenters. The van der Waals surface area contributed by atoms with Crippen LogP contribution in [0.25, 0.3) is 0 Å². The lowest BCUT2D eigenvalue weighted by atomic mass is 9.85. The number of rotatable bonds is 6. The molecular formula is C20H28F3N5O. The van der Waals surface area contributed by atoms with Crippen LogP contribution in [0.2, 0.25) is 0 Å². The summed E-state index contributed by atoms with van der Waals surface area (Å²) < 4.78 is 45.6. The van der Waals surface area contributed by atoms with Crippen LogP contribution in [0.4, 0.5) is 19.0 Å². The van der Waals surface area contributed by atoms with Crippen LogP contribution in [-0.4, -0.2) is 42.4 Å². The van der Waals surface area contributed by atoms with Crippen LogP contribution in [0, 0.1) is 0 Å². The monoisotopic (exact) mass is 411 g/mol. The molecule has 2 heterocycles. The van der Waals surface area contributed by atoms with Gasteiger partial charge >= 0.3 is 6.18 Å². The molecule has 0 bridgehead atoms. The van der Waals surface area contributed by atoms with E-state index in [1.54, 1.807) is 7.11 Å². The van der Waals surface area contributed by atoms with Gasteiger partial charge in [0.05, 0.1) is 23.8 Å². The van der Waals surface area contributed by atoms with E-state index in [2.05, 4.69) is 14.9 Å². The second-order valence-electron chi connectivity index (χ2n) is 7.72. The number of ether oxygens (including phenoxy) is 1. The molecule has 0 aromatic carbocycles. The molecule has 9 heteroatoms. The standard InChI is InChI=1S/C20H28F3N5O/c1-3-5-13-10-17(28-9-4-6-14(28)12-29-2)27-18(26-13)19(25)8-7-16(24)15(11-19)20(21,22)23/h7-8,10,14H,3-6,9,11-12,24-25H2,1-2H3. The Kier molecular flexibility index (Phi) is 6.19.